The fourth-order valence-electron chi connectivity index (χ4n) is 3.05. The Hall–Kier alpha value is -3.11. The summed E-state index contributed by atoms with van der Waals surface area (Å²) in [7, 11) is 0. The van der Waals surface area contributed by atoms with Crippen LogP contribution in [0.15, 0.2) is 78.9 Å². The third kappa shape index (κ3) is 4.74. The van der Waals surface area contributed by atoms with Gasteiger partial charge in [0.1, 0.15) is 18.2 Å². The molecule has 0 radical (unpaired) electrons. The highest BCUT2D eigenvalue weighted by molar-refractivity contribution is 5.74. The van der Waals surface area contributed by atoms with Gasteiger partial charge in [-0.15, -0.1) is 0 Å². The van der Waals surface area contributed by atoms with Crippen molar-refractivity contribution in [2.24, 2.45) is 0 Å². The minimum absolute atomic E-state index is 0.587. The number of nitrogens with one attached hydrogen (secondary N) is 2. The normalized spacial score (nSPS) is 11.0. The van der Waals surface area contributed by atoms with Gasteiger partial charge in [-0.25, -0.2) is 4.98 Å². The smallest absolute Gasteiger partial charge is 0.120 e. The van der Waals surface area contributed by atoms with Crippen LogP contribution in [0.4, 0.5) is 0 Å². The van der Waals surface area contributed by atoms with Crippen molar-refractivity contribution in [1.29, 1.82) is 0 Å². The lowest BCUT2D eigenvalue weighted by atomic mass is 10.2. The number of aromatic amines is 1. The molecular formula is C23H23N3O. The minimum atomic E-state index is 0.587. The maximum Gasteiger partial charge on any atom is 0.120 e. The molecule has 0 unspecified atom stereocenters. The highest BCUT2D eigenvalue weighted by Gasteiger charge is 2.02. The summed E-state index contributed by atoms with van der Waals surface area (Å²) in [6, 6.07) is 26.6. The molecule has 0 saturated heterocycles. The Labute approximate surface area is 159 Å². The van der Waals surface area contributed by atoms with Crippen LogP contribution in [0.3, 0.4) is 0 Å². The molecule has 3 aromatic carbocycles. The molecule has 0 fully saturated rings. The Morgan fingerprint density at radius 3 is 2.56 bits per heavy atom. The zero-order chi connectivity index (χ0) is 18.3. The SMILES string of the molecule is c1ccc(COc2cccc(CNCCc3nc4ccccc4[nH]3)c2)cc1. The summed E-state index contributed by atoms with van der Waals surface area (Å²) in [5, 5.41) is 3.48. The van der Waals surface area contributed by atoms with Crippen LogP contribution in [0.25, 0.3) is 11.0 Å². The first kappa shape index (κ1) is 17.3. The second-order valence-electron chi connectivity index (χ2n) is 6.55. The lowest BCUT2D eigenvalue weighted by molar-refractivity contribution is 0.306. The molecule has 136 valence electrons. The van der Waals surface area contributed by atoms with Crippen molar-refractivity contribution in [1.82, 2.24) is 15.3 Å². The fraction of sp³-hybridized carbons (Fsp3) is 0.174. The highest BCUT2D eigenvalue weighted by Crippen LogP contribution is 2.15. The third-order valence-corrected chi connectivity index (χ3v) is 4.45. The van der Waals surface area contributed by atoms with E-state index in [9.17, 15) is 0 Å². The van der Waals surface area contributed by atoms with Gasteiger partial charge in [0, 0.05) is 19.5 Å². The molecule has 27 heavy (non-hydrogen) atoms. The van der Waals surface area contributed by atoms with Crippen molar-refractivity contribution in [3.63, 3.8) is 0 Å². The summed E-state index contributed by atoms with van der Waals surface area (Å²) < 4.78 is 5.90. The highest BCUT2D eigenvalue weighted by atomic mass is 16.5. The van der Waals surface area contributed by atoms with Crippen LogP contribution in [0.2, 0.25) is 0 Å². The van der Waals surface area contributed by atoms with Crippen LogP contribution in [0.1, 0.15) is 17.0 Å². The average molecular weight is 357 g/mol. The number of aromatic nitrogens is 2. The van der Waals surface area contributed by atoms with Gasteiger partial charge in [-0.2, -0.15) is 0 Å². The molecule has 4 rings (SSSR count). The number of rotatable bonds is 8. The molecule has 0 aliphatic carbocycles. The summed E-state index contributed by atoms with van der Waals surface area (Å²) >= 11 is 0. The molecule has 0 aliphatic heterocycles. The van der Waals surface area contributed by atoms with Gasteiger partial charge >= 0.3 is 0 Å². The van der Waals surface area contributed by atoms with Crippen LogP contribution in [0, 0.1) is 0 Å². The number of benzene rings is 3. The summed E-state index contributed by atoms with van der Waals surface area (Å²) in [4.78, 5) is 7.97. The number of hydrogen-bond donors (Lipinski definition) is 2. The number of H-pyrrole nitrogens is 1. The molecular weight excluding hydrogens is 334 g/mol. The van der Waals surface area contributed by atoms with E-state index in [0.717, 1.165) is 42.1 Å². The molecule has 2 N–H and O–H groups in total. The van der Waals surface area contributed by atoms with E-state index in [2.05, 4.69) is 45.6 Å². The molecule has 0 spiro atoms. The van der Waals surface area contributed by atoms with Crippen molar-refractivity contribution in [3.05, 3.63) is 95.8 Å². The molecule has 0 atom stereocenters. The number of imidazole rings is 1. The standard InChI is InChI=1S/C23H23N3O/c1-2-7-18(8-3-1)17-27-20-10-6-9-19(15-20)16-24-14-13-23-25-21-11-4-5-12-22(21)26-23/h1-12,15,24H,13-14,16-17H2,(H,25,26). The van der Waals surface area contributed by atoms with E-state index in [1.165, 1.54) is 11.1 Å². The van der Waals surface area contributed by atoms with Crippen LogP contribution in [-0.2, 0) is 19.6 Å². The minimum Gasteiger partial charge on any atom is -0.489 e. The second-order valence-corrected chi connectivity index (χ2v) is 6.55. The lowest BCUT2D eigenvalue weighted by Crippen LogP contribution is -2.17. The topological polar surface area (TPSA) is 49.9 Å². The molecule has 4 aromatic rings. The zero-order valence-electron chi connectivity index (χ0n) is 15.2. The van der Waals surface area contributed by atoms with Crippen molar-refractivity contribution in [2.75, 3.05) is 6.54 Å². The summed E-state index contributed by atoms with van der Waals surface area (Å²) in [6.45, 7) is 2.27. The predicted octanol–water partition coefficient (Wildman–Crippen LogP) is 4.47. The van der Waals surface area contributed by atoms with Crippen LogP contribution < -0.4 is 10.1 Å². The number of nitrogens with zero attached hydrogens (tertiary/aromatic N) is 1. The number of ether oxygens (including phenoxy) is 1. The van der Waals surface area contributed by atoms with Crippen molar-refractivity contribution in [3.8, 4) is 5.75 Å². The molecule has 1 heterocycles. The van der Waals surface area contributed by atoms with Gasteiger partial charge in [0.15, 0.2) is 0 Å². The fourth-order valence-corrected chi connectivity index (χ4v) is 3.05. The second kappa shape index (κ2) is 8.52. The molecule has 0 bridgehead atoms. The number of hydrogen-bond acceptors (Lipinski definition) is 3. The Kier molecular flexibility index (Phi) is 5.46. The summed E-state index contributed by atoms with van der Waals surface area (Å²) in [6.07, 6.45) is 0.874. The average Bonchev–Trinajstić information content (AvgIpc) is 3.14. The molecule has 1 aromatic heterocycles. The van der Waals surface area contributed by atoms with E-state index >= 15 is 0 Å². The molecule has 0 aliphatic rings. The van der Waals surface area contributed by atoms with Gasteiger partial charge in [0.05, 0.1) is 11.0 Å². The van der Waals surface area contributed by atoms with Crippen molar-refractivity contribution >= 4 is 11.0 Å². The first-order valence-electron chi connectivity index (χ1n) is 9.27. The van der Waals surface area contributed by atoms with E-state index in [0.29, 0.717) is 6.61 Å². The quantitative estimate of drug-likeness (QED) is 0.457. The molecule has 0 amide bonds. The summed E-state index contributed by atoms with van der Waals surface area (Å²) in [5.41, 5.74) is 4.50. The van der Waals surface area contributed by atoms with E-state index in [4.69, 9.17) is 4.74 Å². The van der Waals surface area contributed by atoms with E-state index in [1.54, 1.807) is 0 Å². The number of para-hydroxylation sites is 2. The maximum absolute atomic E-state index is 5.90. The van der Waals surface area contributed by atoms with Gasteiger partial charge in [-0.1, -0.05) is 54.6 Å². The Morgan fingerprint density at radius 2 is 1.67 bits per heavy atom. The van der Waals surface area contributed by atoms with Gasteiger partial charge in [-0.05, 0) is 35.4 Å². The van der Waals surface area contributed by atoms with Gasteiger partial charge in [0.25, 0.3) is 0 Å². The van der Waals surface area contributed by atoms with E-state index in [1.807, 2.05) is 48.5 Å². The van der Waals surface area contributed by atoms with E-state index in [-0.39, 0.29) is 0 Å². The van der Waals surface area contributed by atoms with Crippen molar-refractivity contribution < 1.29 is 4.74 Å². The van der Waals surface area contributed by atoms with Gasteiger partial charge in [0.2, 0.25) is 0 Å². The summed E-state index contributed by atoms with van der Waals surface area (Å²) in [5.74, 6) is 1.92. The Morgan fingerprint density at radius 1 is 0.852 bits per heavy atom. The van der Waals surface area contributed by atoms with Crippen molar-refractivity contribution in [2.45, 2.75) is 19.6 Å². The van der Waals surface area contributed by atoms with Gasteiger partial charge in [-0.3, -0.25) is 0 Å². The predicted molar refractivity (Wildman–Crippen MR) is 109 cm³/mol. The van der Waals surface area contributed by atoms with Crippen LogP contribution in [0.5, 0.6) is 5.75 Å². The third-order valence-electron chi connectivity index (χ3n) is 4.45. The monoisotopic (exact) mass is 357 g/mol. The first-order chi connectivity index (χ1) is 13.4. The van der Waals surface area contributed by atoms with Crippen LogP contribution in [-0.4, -0.2) is 16.5 Å². The maximum atomic E-state index is 5.90. The zero-order valence-corrected chi connectivity index (χ0v) is 15.2. The first-order valence-corrected chi connectivity index (χ1v) is 9.27. The lowest BCUT2D eigenvalue weighted by Gasteiger charge is -2.09. The Balaban J connectivity index is 1.25. The molecule has 4 nitrogen and oxygen atoms in total. The van der Waals surface area contributed by atoms with E-state index < -0.39 is 0 Å². The Bertz CT molecular complexity index is 962. The largest absolute Gasteiger partial charge is 0.489 e. The molecule has 0 saturated carbocycles. The van der Waals surface area contributed by atoms with Gasteiger partial charge < -0.3 is 15.0 Å². The molecule has 4 heteroatoms. The number of fused-ring (bicyclic) bond motifs is 1. The van der Waals surface area contributed by atoms with Crippen LogP contribution >= 0.6 is 0 Å².